The van der Waals surface area contributed by atoms with E-state index in [1.165, 1.54) is 16.8 Å². The smallest absolute Gasteiger partial charge is 0.274 e. The Hall–Kier alpha value is -2.14. The number of likely N-dealkylation sites (tertiary alicyclic amines) is 1. The number of aromatic nitrogens is 2. The summed E-state index contributed by atoms with van der Waals surface area (Å²) in [4.78, 5) is 15.0. The SMILES string of the molecule is CCCn1nc(C(=O)N2CCCC2)c2c1CCC(NCc1ccccc1)C2. The van der Waals surface area contributed by atoms with Crippen LogP contribution in [0.5, 0.6) is 0 Å². The van der Waals surface area contributed by atoms with Gasteiger partial charge in [0.2, 0.25) is 0 Å². The first kappa shape index (κ1) is 18.2. The van der Waals surface area contributed by atoms with Crippen LogP contribution in [0.1, 0.15) is 59.9 Å². The first-order valence-electron chi connectivity index (χ1n) is 10.4. The minimum Gasteiger partial charge on any atom is -0.337 e. The van der Waals surface area contributed by atoms with Crippen LogP contribution in [-0.2, 0) is 25.9 Å². The zero-order valence-corrected chi connectivity index (χ0v) is 16.3. The summed E-state index contributed by atoms with van der Waals surface area (Å²) in [5.41, 5.74) is 4.50. The molecule has 144 valence electrons. The monoisotopic (exact) mass is 366 g/mol. The molecule has 1 unspecified atom stereocenters. The molecule has 5 nitrogen and oxygen atoms in total. The third kappa shape index (κ3) is 3.93. The van der Waals surface area contributed by atoms with Gasteiger partial charge in [0.15, 0.2) is 5.69 Å². The first-order valence-corrected chi connectivity index (χ1v) is 10.4. The van der Waals surface area contributed by atoms with Gasteiger partial charge in [-0.05, 0) is 44.1 Å². The maximum absolute atomic E-state index is 13.1. The number of carbonyl (C=O) groups is 1. The maximum atomic E-state index is 13.1. The van der Waals surface area contributed by atoms with Crippen molar-refractivity contribution >= 4 is 5.91 Å². The number of rotatable bonds is 6. The van der Waals surface area contributed by atoms with Crippen LogP contribution in [0, 0.1) is 0 Å². The van der Waals surface area contributed by atoms with Gasteiger partial charge in [-0.25, -0.2) is 0 Å². The molecule has 1 amide bonds. The van der Waals surface area contributed by atoms with Gasteiger partial charge in [0.05, 0.1) is 0 Å². The third-order valence-corrected chi connectivity index (χ3v) is 5.82. The fourth-order valence-corrected chi connectivity index (χ4v) is 4.36. The van der Waals surface area contributed by atoms with Gasteiger partial charge in [0.1, 0.15) is 0 Å². The van der Waals surface area contributed by atoms with Gasteiger partial charge in [-0.1, -0.05) is 37.3 Å². The van der Waals surface area contributed by atoms with Crippen LogP contribution in [0.25, 0.3) is 0 Å². The van der Waals surface area contributed by atoms with E-state index < -0.39 is 0 Å². The average molecular weight is 367 g/mol. The Morgan fingerprint density at radius 2 is 2.00 bits per heavy atom. The Morgan fingerprint density at radius 1 is 1.22 bits per heavy atom. The number of aryl methyl sites for hydroxylation is 1. The largest absolute Gasteiger partial charge is 0.337 e. The average Bonchev–Trinajstić information content (AvgIpc) is 3.36. The predicted octanol–water partition coefficient (Wildman–Crippen LogP) is 3.18. The molecule has 5 heteroatoms. The van der Waals surface area contributed by atoms with Crippen molar-refractivity contribution in [2.45, 2.75) is 64.6 Å². The van der Waals surface area contributed by atoms with E-state index in [4.69, 9.17) is 5.10 Å². The molecule has 1 aliphatic heterocycles. The number of nitrogens with one attached hydrogen (secondary N) is 1. The van der Waals surface area contributed by atoms with Crippen LogP contribution >= 0.6 is 0 Å². The number of benzene rings is 1. The number of hydrogen-bond acceptors (Lipinski definition) is 3. The molecule has 2 aromatic rings. The lowest BCUT2D eigenvalue weighted by atomic mass is 9.91. The van der Waals surface area contributed by atoms with Gasteiger partial charge in [0.25, 0.3) is 5.91 Å². The van der Waals surface area contributed by atoms with Crippen LogP contribution in [0.2, 0.25) is 0 Å². The van der Waals surface area contributed by atoms with Crippen LogP contribution in [0.3, 0.4) is 0 Å². The lowest BCUT2D eigenvalue weighted by Gasteiger charge is -2.25. The summed E-state index contributed by atoms with van der Waals surface area (Å²) in [6, 6.07) is 10.9. The van der Waals surface area contributed by atoms with Crippen molar-refractivity contribution in [3.05, 3.63) is 52.8 Å². The van der Waals surface area contributed by atoms with E-state index in [1.54, 1.807) is 0 Å². The van der Waals surface area contributed by atoms with Crippen LogP contribution in [0.4, 0.5) is 0 Å². The van der Waals surface area contributed by atoms with E-state index in [2.05, 4.69) is 47.3 Å². The van der Waals surface area contributed by atoms with Crippen molar-refractivity contribution in [1.29, 1.82) is 0 Å². The first-order chi connectivity index (χ1) is 13.3. The molecular weight excluding hydrogens is 336 g/mol. The normalized spacial score (nSPS) is 19.3. The van der Waals surface area contributed by atoms with Crippen molar-refractivity contribution < 1.29 is 4.79 Å². The molecule has 1 aromatic heterocycles. The van der Waals surface area contributed by atoms with Crippen molar-refractivity contribution in [3.63, 3.8) is 0 Å². The van der Waals surface area contributed by atoms with Crippen molar-refractivity contribution in [3.8, 4) is 0 Å². The summed E-state index contributed by atoms with van der Waals surface area (Å²) in [6.45, 7) is 5.70. The standard InChI is InChI=1S/C22H30N4O/c1-2-12-26-20-11-10-18(23-16-17-8-4-3-5-9-17)15-19(20)21(24-26)22(27)25-13-6-7-14-25/h3-5,8-9,18,23H,2,6-7,10-16H2,1H3. The Kier molecular flexibility index (Phi) is 5.58. The second-order valence-electron chi connectivity index (χ2n) is 7.80. The van der Waals surface area contributed by atoms with Gasteiger partial charge in [-0.3, -0.25) is 9.48 Å². The highest BCUT2D eigenvalue weighted by Crippen LogP contribution is 2.27. The number of amides is 1. The van der Waals surface area contributed by atoms with E-state index in [-0.39, 0.29) is 5.91 Å². The van der Waals surface area contributed by atoms with Gasteiger partial charge >= 0.3 is 0 Å². The third-order valence-electron chi connectivity index (χ3n) is 5.82. The van der Waals surface area contributed by atoms with E-state index in [0.717, 1.165) is 64.7 Å². The van der Waals surface area contributed by atoms with Gasteiger partial charge in [-0.15, -0.1) is 0 Å². The number of nitrogens with zero attached hydrogens (tertiary/aromatic N) is 3. The lowest BCUT2D eigenvalue weighted by molar-refractivity contribution is 0.0784. The fraction of sp³-hybridized carbons (Fsp3) is 0.545. The van der Waals surface area contributed by atoms with E-state index in [0.29, 0.717) is 11.7 Å². The molecule has 2 heterocycles. The molecule has 2 aliphatic rings. The summed E-state index contributed by atoms with van der Waals surface area (Å²) < 4.78 is 2.10. The molecule has 1 aromatic carbocycles. The van der Waals surface area contributed by atoms with Crippen molar-refractivity contribution in [1.82, 2.24) is 20.0 Å². The molecule has 1 saturated heterocycles. The summed E-state index contributed by atoms with van der Waals surface area (Å²) >= 11 is 0. The minimum atomic E-state index is 0.141. The predicted molar refractivity (Wildman–Crippen MR) is 107 cm³/mol. The molecule has 0 radical (unpaired) electrons. The Bertz CT molecular complexity index is 777. The molecule has 4 rings (SSSR count). The Morgan fingerprint density at radius 3 is 2.74 bits per heavy atom. The Balaban J connectivity index is 1.52. The fourth-order valence-electron chi connectivity index (χ4n) is 4.36. The molecule has 1 aliphatic carbocycles. The highest BCUT2D eigenvalue weighted by atomic mass is 16.2. The number of carbonyl (C=O) groups excluding carboxylic acids is 1. The van der Waals surface area contributed by atoms with Crippen molar-refractivity contribution in [2.75, 3.05) is 13.1 Å². The summed E-state index contributed by atoms with van der Waals surface area (Å²) in [7, 11) is 0. The summed E-state index contributed by atoms with van der Waals surface area (Å²) in [6.07, 6.45) is 6.28. The molecule has 1 N–H and O–H groups in total. The quantitative estimate of drug-likeness (QED) is 0.854. The number of hydrogen-bond donors (Lipinski definition) is 1. The van der Waals surface area contributed by atoms with E-state index >= 15 is 0 Å². The topological polar surface area (TPSA) is 50.2 Å². The maximum Gasteiger partial charge on any atom is 0.274 e. The molecule has 0 bridgehead atoms. The van der Waals surface area contributed by atoms with Gasteiger partial charge in [-0.2, -0.15) is 5.10 Å². The Labute approximate surface area is 161 Å². The highest BCUT2D eigenvalue weighted by molar-refractivity contribution is 5.94. The molecule has 27 heavy (non-hydrogen) atoms. The van der Waals surface area contributed by atoms with Crippen LogP contribution in [0.15, 0.2) is 30.3 Å². The van der Waals surface area contributed by atoms with Crippen LogP contribution < -0.4 is 5.32 Å². The van der Waals surface area contributed by atoms with Crippen LogP contribution in [-0.4, -0.2) is 39.7 Å². The van der Waals surface area contributed by atoms with Gasteiger partial charge in [0, 0.05) is 43.5 Å². The summed E-state index contributed by atoms with van der Waals surface area (Å²) in [5.74, 6) is 0.141. The minimum absolute atomic E-state index is 0.141. The van der Waals surface area contributed by atoms with E-state index in [9.17, 15) is 4.79 Å². The molecule has 0 saturated carbocycles. The zero-order valence-electron chi connectivity index (χ0n) is 16.3. The lowest BCUT2D eigenvalue weighted by Crippen LogP contribution is -2.35. The molecule has 0 spiro atoms. The second kappa shape index (κ2) is 8.26. The molecular formula is C22H30N4O. The summed E-state index contributed by atoms with van der Waals surface area (Å²) in [5, 5.41) is 8.47. The van der Waals surface area contributed by atoms with Gasteiger partial charge < -0.3 is 10.2 Å². The van der Waals surface area contributed by atoms with E-state index in [1.807, 2.05) is 4.90 Å². The number of fused-ring (bicyclic) bond motifs is 1. The highest BCUT2D eigenvalue weighted by Gasteiger charge is 2.31. The molecule has 1 atom stereocenters. The zero-order chi connectivity index (χ0) is 18.6. The molecule has 1 fully saturated rings. The van der Waals surface area contributed by atoms with Crippen molar-refractivity contribution in [2.24, 2.45) is 0 Å². The second-order valence-corrected chi connectivity index (χ2v) is 7.80.